The van der Waals surface area contributed by atoms with Crippen LogP contribution in [0.5, 0.6) is 5.75 Å². The molecule has 0 saturated carbocycles. The predicted octanol–water partition coefficient (Wildman–Crippen LogP) is 2.62. The van der Waals surface area contributed by atoms with Gasteiger partial charge in [0, 0.05) is 31.3 Å². The molecule has 186 valence electrons. The zero-order chi connectivity index (χ0) is 25.1. The normalized spacial score (nSPS) is 19.1. The van der Waals surface area contributed by atoms with Gasteiger partial charge in [-0.1, -0.05) is 0 Å². The summed E-state index contributed by atoms with van der Waals surface area (Å²) in [7, 11) is 1.43. The number of aryl methyl sites for hydroxylation is 1. The molecule has 12 heteroatoms. The van der Waals surface area contributed by atoms with Crippen LogP contribution in [-0.4, -0.2) is 66.4 Å². The first-order chi connectivity index (χ1) is 16.5. The minimum atomic E-state index is -1.11. The summed E-state index contributed by atoms with van der Waals surface area (Å²) in [6.07, 6.45) is 0.958. The number of nitrogen functional groups attached to an aromatic ring is 1. The number of fused-ring (bicyclic) bond motifs is 3. The van der Waals surface area contributed by atoms with Gasteiger partial charge in [-0.2, -0.15) is 9.61 Å². The number of nitrogens with two attached hydrogens (primary N) is 1. The van der Waals surface area contributed by atoms with Crippen molar-refractivity contribution in [2.45, 2.75) is 51.4 Å². The lowest BCUT2D eigenvalue weighted by Gasteiger charge is -2.34. The Kier molecular flexibility index (Phi) is 5.50. The van der Waals surface area contributed by atoms with Crippen LogP contribution in [0.15, 0.2) is 18.3 Å². The predicted molar refractivity (Wildman–Crippen MR) is 127 cm³/mol. The highest BCUT2D eigenvalue weighted by molar-refractivity contribution is 5.95. The molecule has 1 aromatic carbocycles. The van der Waals surface area contributed by atoms with Crippen molar-refractivity contribution >= 4 is 28.2 Å². The third-order valence-corrected chi connectivity index (χ3v) is 6.14. The highest BCUT2D eigenvalue weighted by atomic mass is 19.1. The molecule has 1 aliphatic heterocycles. The van der Waals surface area contributed by atoms with Gasteiger partial charge in [-0.05, 0) is 33.3 Å². The number of anilines is 2. The number of aliphatic hydroxyl groups is 1. The van der Waals surface area contributed by atoms with E-state index in [9.17, 15) is 13.9 Å². The van der Waals surface area contributed by atoms with Gasteiger partial charge in [0.05, 0.1) is 36.0 Å². The minimum Gasteiger partial charge on any atom is -0.494 e. The van der Waals surface area contributed by atoms with Gasteiger partial charge in [0.1, 0.15) is 23.3 Å². The van der Waals surface area contributed by atoms with Crippen molar-refractivity contribution in [3.8, 4) is 5.75 Å². The third kappa shape index (κ3) is 4.33. The van der Waals surface area contributed by atoms with E-state index in [0.29, 0.717) is 35.5 Å². The van der Waals surface area contributed by atoms with Gasteiger partial charge < -0.3 is 20.5 Å². The number of rotatable bonds is 5. The molecule has 2 unspecified atom stereocenters. The molecule has 0 bridgehead atoms. The summed E-state index contributed by atoms with van der Waals surface area (Å²) >= 11 is 0. The molecule has 35 heavy (non-hydrogen) atoms. The van der Waals surface area contributed by atoms with Gasteiger partial charge in [0.15, 0.2) is 11.5 Å². The lowest BCUT2D eigenvalue weighted by Crippen LogP contribution is -2.41. The van der Waals surface area contributed by atoms with Crippen LogP contribution in [0.25, 0.3) is 16.6 Å². The second-order valence-electron chi connectivity index (χ2n) is 9.72. The topological polar surface area (TPSA) is 120 Å². The third-order valence-electron chi connectivity index (χ3n) is 6.14. The molecule has 4 aromatic rings. The first kappa shape index (κ1) is 23.2. The van der Waals surface area contributed by atoms with Crippen molar-refractivity contribution in [1.82, 2.24) is 29.4 Å². The van der Waals surface area contributed by atoms with Crippen molar-refractivity contribution in [1.29, 1.82) is 0 Å². The summed E-state index contributed by atoms with van der Waals surface area (Å²) in [6.45, 7) is 6.27. The molecule has 2 atom stereocenters. The van der Waals surface area contributed by atoms with E-state index in [1.54, 1.807) is 18.5 Å². The van der Waals surface area contributed by atoms with Crippen LogP contribution in [0.1, 0.15) is 37.7 Å². The second kappa shape index (κ2) is 8.29. The Morgan fingerprint density at radius 3 is 2.71 bits per heavy atom. The van der Waals surface area contributed by atoms with Gasteiger partial charge in [-0.25, -0.2) is 18.7 Å². The van der Waals surface area contributed by atoms with E-state index in [0.717, 1.165) is 11.4 Å². The molecule has 0 radical (unpaired) electrons. The summed E-state index contributed by atoms with van der Waals surface area (Å²) in [5.41, 5.74) is 7.45. The Morgan fingerprint density at radius 2 is 2.00 bits per heavy atom. The van der Waals surface area contributed by atoms with Crippen LogP contribution in [-0.2, 0) is 6.54 Å². The Morgan fingerprint density at radius 1 is 1.23 bits per heavy atom. The van der Waals surface area contributed by atoms with E-state index >= 15 is 0 Å². The van der Waals surface area contributed by atoms with E-state index in [4.69, 9.17) is 10.5 Å². The zero-order valence-corrected chi connectivity index (χ0v) is 20.0. The number of piperidine rings is 1. The molecule has 3 aromatic heterocycles. The summed E-state index contributed by atoms with van der Waals surface area (Å²) in [6, 6.07) is 2.54. The molecule has 5 rings (SSSR count). The Balaban J connectivity index is 1.52. The van der Waals surface area contributed by atoms with Crippen molar-refractivity contribution in [2.24, 2.45) is 0 Å². The number of aromatic nitrogens is 6. The molecular weight excluding hydrogens is 458 g/mol. The van der Waals surface area contributed by atoms with Crippen LogP contribution < -0.4 is 15.4 Å². The first-order valence-electron chi connectivity index (χ1n) is 11.4. The minimum absolute atomic E-state index is 0.0735. The summed E-state index contributed by atoms with van der Waals surface area (Å²) < 4.78 is 37.4. The van der Waals surface area contributed by atoms with E-state index in [2.05, 4.69) is 20.2 Å². The van der Waals surface area contributed by atoms with Gasteiger partial charge in [-0.3, -0.25) is 4.68 Å². The van der Waals surface area contributed by atoms with Gasteiger partial charge in [-0.15, -0.1) is 5.10 Å². The Labute approximate surface area is 200 Å². The summed E-state index contributed by atoms with van der Waals surface area (Å²) in [4.78, 5) is 10.9. The number of nitrogens with zero attached hydrogens (tertiary/aromatic N) is 7. The molecule has 10 nitrogen and oxygen atoms in total. The van der Waals surface area contributed by atoms with Crippen LogP contribution in [0.3, 0.4) is 0 Å². The number of ether oxygens (including phenoxy) is 1. The van der Waals surface area contributed by atoms with E-state index in [-0.39, 0.29) is 30.6 Å². The maximum Gasteiger partial charge on any atom is 0.223 e. The second-order valence-corrected chi connectivity index (χ2v) is 9.72. The molecule has 0 spiro atoms. The fourth-order valence-electron chi connectivity index (χ4n) is 4.73. The summed E-state index contributed by atoms with van der Waals surface area (Å²) in [5.74, 6) is -0.114. The van der Waals surface area contributed by atoms with Crippen LogP contribution in [0.2, 0.25) is 0 Å². The number of benzene rings is 1. The number of hydrogen-bond donors (Lipinski definition) is 2. The van der Waals surface area contributed by atoms with E-state index in [1.165, 1.54) is 23.8 Å². The number of hydrogen-bond acceptors (Lipinski definition) is 8. The highest BCUT2D eigenvalue weighted by Crippen LogP contribution is 2.34. The van der Waals surface area contributed by atoms with Crippen molar-refractivity contribution in [3.63, 3.8) is 0 Å². The molecule has 4 heterocycles. The highest BCUT2D eigenvalue weighted by Gasteiger charge is 2.33. The molecule has 3 N–H and O–H groups in total. The zero-order valence-electron chi connectivity index (χ0n) is 20.0. The SMILES string of the molecule is COc1cc(F)cc2c1nc(N)n1nc(C3CC(F)CN(c4cn(CC(C)(C)O)nc4C)C3)nc21. The maximum absolute atomic E-state index is 14.9. The van der Waals surface area contributed by atoms with Gasteiger partial charge in [0.25, 0.3) is 0 Å². The van der Waals surface area contributed by atoms with Crippen molar-refractivity contribution < 1.29 is 18.6 Å². The van der Waals surface area contributed by atoms with Crippen LogP contribution in [0.4, 0.5) is 20.4 Å². The number of methoxy groups -OCH3 is 1. The Bertz CT molecular complexity index is 1410. The number of alkyl halides is 1. The quantitative estimate of drug-likeness (QED) is 0.442. The van der Waals surface area contributed by atoms with Crippen molar-refractivity contribution in [2.75, 3.05) is 30.8 Å². The van der Waals surface area contributed by atoms with Crippen LogP contribution >= 0.6 is 0 Å². The monoisotopic (exact) mass is 486 g/mol. The first-order valence-corrected chi connectivity index (χ1v) is 11.4. The van der Waals surface area contributed by atoms with E-state index in [1.807, 2.05) is 18.0 Å². The molecule has 1 saturated heterocycles. The number of halogens is 2. The smallest absolute Gasteiger partial charge is 0.223 e. The molecule has 1 fully saturated rings. The van der Waals surface area contributed by atoms with Gasteiger partial charge in [0.2, 0.25) is 5.95 Å². The maximum atomic E-state index is 14.9. The van der Waals surface area contributed by atoms with E-state index < -0.39 is 17.6 Å². The Hall–Kier alpha value is -3.54. The molecule has 0 aliphatic carbocycles. The fraction of sp³-hybridized carbons (Fsp3) is 0.478. The average molecular weight is 487 g/mol. The largest absolute Gasteiger partial charge is 0.494 e. The molecular formula is C23H28F2N8O2. The average Bonchev–Trinajstić information content (AvgIpc) is 3.37. The molecule has 1 aliphatic rings. The van der Waals surface area contributed by atoms with Crippen molar-refractivity contribution in [3.05, 3.63) is 35.7 Å². The standard InChI is InChI=1S/C23H28F2N8O2/c1-12-17(10-32(29-12)11-23(2,3)34)31-8-13(5-15(25)9-31)20-28-21-16-6-14(24)7-18(35-4)19(16)27-22(26)33(21)30-20/h6-7,10,13,15,34H,5,8-9,11H2,1-4H3,(H2,26,27). The van der Waals surface area contributed by atoms with Gasteiger partial charge >= 0.3 is 0 Å². The lowest BCUT2D eigenvalue weighted by atomic mass is 9.95. The fourth-order valence-corrected chi connectivity index (χ4v) is 4.73. The lowest BCUT2D eigenvalue weighted by molar-refractivity contribution is 0.0577. The molecule has 0 amide bonds. The van der Waals surface area contributed by atoms with Crippen LogP contribution in [0, 0.1) is 12.7 Å². The summed E-state index contributed by atoms with van der Waals surface area (Å²) in [5, 5.41) is 19.5.